The number of amides is 3. The van der Waals surface area contributed by atoms with Gasteiger partial charge in [-0.3, -0.25) is 14.4 Å². The number of likely N-dealkylation sites (tertiary alicyclic amines) is 1. The van der Waals surface area contributed by atoms with Gasteiger partial charge in [0.1, 0.15) is 11.4 Å². The molecule has 0 radical (unpaired) electrons. The molecule has 2 aliphatic rings. The van der Waals surface area contributed by atoms with Crippen LogP contribution in [0.15, 0.2) is 18.2 Å². The Kier molecular flexibility index (Phi) is 6.31. The van der Waals surface area contributed by atoms with Crippen molar-refractivity contribution in [2.75, 3.05) is 18.4 Å². The quantitative estimate of drug-likeness (QED) is 0.831. The second kappa shape index (κ2) is 8.71. The Hall–Kier alpha value is -2.44. The van der Waals surface area contributed by atoms with E-state index in [-0.39, 0.29) is 23.6 Å². The summed E-state index contributed by atoms with van der Waals surface area (Å²) in [7, 11) is 0. The highest BCUT2D eigenvalue weighted by Gasteiger charge is 2.44. The summed E-state index contributed by atoms with van der Waals surface area (Å²) in [5.74, 6) is -0.0399. The van der Waals surface area contributed by atoms with Gasteiger partial charge in [-0.25, -0.2) is 4.98 Å². The third-order valence-corrected chi connectivity index (χ3v) is 5.75. The topological polar surface area (TPSA) is 91.4 Å². The summed E-state index contributed by atoms with van der Waals surface area (Å²) in [6.07, 6.45) is 5.82. The number of nitrogens with zero attached hydrogens (tertiary/aromatic N) is 2. The van der Waals surface area contributed by atoms with Crippen LogP contribution in [0.4, 0.5) is 5.82 Å². The fourth-order valence-electron chi connectivity index (χ4n) is 4.40. The molecule has 3 rings (SSSR count). The molecule has 1 aromatic rings. The highest BCUT2D eigenvalue weighted by atomic mass is 16.2. The number of aryl methyl sites for hydroxylation is 1. The van der Waals surface area contributed by atoms with Crippen molar-refractivity contribution in [2.45, 2.75) is 64.3 Å². The van der Waals surface area contributed by atoms with Gasteiger partial charge in [0.2, 0.25) is 17.7 Å². The Morgan fingerprint density at radius 3 is 2.57 bits per heavy atom. The molecule has 1 unspecified atom stereocenters. The van der Waals surface area contributed by atoms with E-state index in [1.807, 2.05) is 19.1 Å². The van der Waals surface area contributed by atoms with Gasteiger partial charge in [-0.1, -0.05) is 25.3 Å². The lowest BCUT2D eigenvalue weighted by Crippen LogP contribution is -2.61. The third-order valence-electron chi connectivity index (χ3n) is 5.75. The van der Waals surface area contributed by atoms with E-state index >= 15 is 0 Å². The maximum Gasteiger partial charge on any atom is 0.248 e. The van der Waals surface area contributed by atoms with Crippen LogP contribution in [0.2, 0.25) is 0 Å². The van der Waals surface area contributed by atoms with Crippen LogP contribution in [0.1, 0.15) is 57.6 Å². The molecule has 1 atom stereocenters. The second-order valence-corrected chi connectivity index (χ2v) is 8.07. The van der Waals surface area contributed by atoms with E-state index in [1.54, 1.807) is 11.0 Å². The Labute approximate surface area is 166 Å². The normalized spacial score (nSPS) is 21.6. The molecule has 1 aromatic heterocycles. The van der Waals surface area contributed by atoms with Gasteiger partial charge in [0.25, 0.3) is 0 Å². The summed E-state index contributed by atoms with van der Waals surface area (Å²) in [4.78, 5) is 43.9. The molecule has 0 spiro atoms. The average molecular weight is 386 g/mol. The highest BCUT2D eigenvalue weighted by Crippen LogP contribution is 2.32. The van der Waals surface area contributed by atoms with Crippen molar-refractivity contribution in [3.63, 3.8) is 0 Å². The molecular formula is C21H30N4O3. The third kappa shape index (κ3) is 4.69. The molecule has 0 aromatic carbocycles. The number of carbonyl (C=O) groups is 3. The molecule has 1 saturated heterocycles. The van der Waals surface area contributed by atoms with E-state index < -0.39 is 5.54 Å². The van der Waals surface area contributed by atoms with Crippen LogP contribution < -0.4 is 10.6 Å². The number of anilines is 1. The molecule has 1 saturated carbocycles. The van der Waals surface area contributed by atoms with Crippen LogP contribution in [0.3, 0.4) is 0 Å². The maximum absolute atomic E-state index is 13.3. The fraction of sp³-hybridized carbons (Fsp3) is 0.619. The molecule has 1 aliphatic carbocycles. The minimum absolute atomic E-state index is 0.0337. The molecular weight excluding hydrogens is 356 g/mol. The van der Waals surface area contributed by atoms with E-state index in [9.17, 15) is 14.4 Å². The van der Waals surface area contributed by atoms with Gasteiger partial charge in [-0.05, 0) is 44.7 Å². The molecule has 2 fully saturated rings. The molecule has 0 bridgehead atoms. The molecule has 7 heteroatoms. The number of carbonyl (C=O) groups excluding carboxylic acids is 3. The zero-order valence-corrected chi connectivity index (χ0v) is 16.8. The fourth-order valence-corrected chi connectivity index (χ4v) is 4.40. The summed E-state index contributed by atoms with van der Waals surface area (Å²) in [6, 6.07) is 5.50. The zero-order valence-electron chi connectivity index (χ0n) is 16.8. The number of hydrogen-bond acceptors (Lipinski definition) is 4. The molecule has 2 heterocycles. The zero-order chi connectivity index (χ0) is 20.1. The number of nitrogens with one attached hydrogen (secondary N) is 2. The van der Waals surface area contributed by atoms with Crippen LogP contribution >= 0.6 is 0 Å². The van der Waals surface area contributed by atoms with Gasteiger partial charge in [-0.15, -0.1) is 0 Å². The van der Waals surface area contributed by atoms with Crippen LogP contribution in [0.5, 0.6) is 0 Å². The van der Waals surface area contributed by atoms with Crippen LogP contribution in [-0.2, 0) is 14.4 Å². The first kappa shape index (κ1) is 20.3. The van der Waals surface area contributed by atoms with Crippen molar-refractivity contribution in [3.8, 4) is 0 Å². The monoisotopic (exact) mass is 386 g/mol. The first-order valence-corrected chi connectivity index (χ1v) is 10.2. The number of rotatable bonds is 4. The van der Waals surface area contributed by atoms with E-state index in [0.29, 0.717) is 31.7 Å². The van der Waals surface area contributed by atoms with Gasteiger partial charge in [-0.2, -0.15) is 0 Å². The van der Waals surface area contributed by atoms with Crippen molar-refractivity contribution in [1.29, 1.82) is 0 Å². The molecule has 7 nitrogen and oxygen atoms in total. The van der Waals surface area contributed by atoms with Gasteiger partial charge >= 0.3 is 0 Å². The SMILES string of the molecule is CC(=O)NC1(C(=O)N2CCCC(C(=O)Nc3cccc(C)n3)C2)CCCCC1. The average Bonchev–Trinajstić information content (AvgIpc) is 2.67. The standard InChI is InChI=1S/C21H30N4O3/c1-15-8-6-10-18(22-15)23-19(27)17-9-7-13-25(14-17)20(28)21(24-16(2)26)11-4-3-5-12-21/h6,8,10,17H,3-5,7,9,11-14H2,1-2H3,(H,24,26)(H,22,23,27). The van der Waals surface area contributed by atoms with E-state index in [2.05, 4.69) is 15.6 Å². The number of piperidine rings is 1. The number of hydrogen-bond donors (Lipinski definition) is 2. The van der Waals surface area contributed by atoms with Gasteiger partial charge < -0.3 is 15.5 Å². The lowest BCUT2D eigenvalue weighted by atomic mass is 9.79. The van der Waals surface area contributed by atoms with E-state index in [0.717, 1.165) is 37.8 Å². The largest absolute Gasteiger partial charge is 0.342 e. The molecule has 152 valence electrons. The van der Waals surface area contributed by atoms with Crippen molar-refractivity contribution < 1.29 is 14.4 Å². The van der Waals surface area contributed by atoms with Gasteiger partial charge in [0, 0.05) is 25.7 Å². The first-order chi connectivity index (χ1) is 13.4. The Bertz CT molecular complexity index is 743. The first-order valence-electron chi connectivity index (χ1n) is 10.2. The van der Waals surface area contributed by atoms with Crippen molar-refractivity contribution in [1.82, 2.24) is 15.2 Å². The predicted molar refractivity (Wildman–Crippen MR) is 107 cm³/mol. The maximum atomic E-state index is 13.3. The minimum Gasteiger partial charge on any atom is -0.342 e. The summed E-state index contributed by atoms with van der Waals surface area (Å²) < 4.78 is 0. The molecule has 1 aliphatic heterocycles. The summed E-state index contributed by atoms with van der Waals surface area (Å²) in [5.41, 5.74) is 0.0355. The Balaban J connectivity index is 1.68. The molecule has 28 heavy (non-hydrogen) atoms. The summed E-state index contributed by atoms with van der Waals surface area (Å²) in [5, 5.41) is 5.82. The van der Waals surface area contributed by atoms with Gasteiger partial charge in [0.05, 0.1) is 5.92 Å². The van der Waals surface area contributed by atoms with Crippen molar-refractivity contribution in [3.05, 3.63) is 23.9 Å². The van der Waals surface area contributed by atoms with Crippen molar-refractivity contribution >= 4 is 23.5 Å². The number of aromatic nitrogens is 1. The summed E-state index contributed by atoms with van der Waals surface area (Å²) in [6.45, 7) is 4.36. The lowest BCUT2D eigenvalue weighted by molar-refractivity contribution is -0.145. The lowest BCUT2D eigenvalue weighted by Gasteiger charge is -2.42. The molecule has 3 amide bonds. The predicted octanol–water partition coefficient (Wildman–Crippen LogP) is 2.41. The highest BCUT2D eigenvalue weighted by molar-refractivity contribution is 5.94. The van der Waals surface area contributed by atoms with Crippen molar-refractivity contribution in [2.24, 2.45) is 5.92 Å². The number of pyridine rings is 1. The van der Waals surface area contributed by atoms with Crippen LogP contribution in [-0.4, -0.2) is 46.2 Å². The second-order valence-electron chi connectivity index (χ2n) is 8.07. The van der Waals surface area contributed by atoms with E-state index in [1.165, 1.54) is 6.92 Å². The molecule has 2 N–H and O–H groups in total. The van der Waals surface area contributed by atoms with E-state index in [4.69, 9.17) is 0 Å². The smallest absolute Gasteiger partial charge is 0.248 e. The van der Waals surface area contributed by atoms with Gasteiger partial charge in [0.15, 0.2) is 0 Å². The Morgan fingerprint density at radius 2 is 1.89 bits per heavy atom. The Morgan fingerprint density at radius 1 is 1.14 bits per heavy atom. The summed E-state index contributed by atoms with van der Waals surface area (Å²) >= 11 is 0. The van der Waals surface area contributed by atoms with Crippen LogP contribution in [0, 0.1) is 12.8 Å². The minimum atomic E-state index is -0.805. The van der Waals surface area contributed by atoms with Crippen LogP contribution in [0.25, 0.3) is 0 Å².